The Balaban J connectivity index is 1.98. The van der Waals surface area contributed by atoms with Crippen molar-refractivity contribution in [2.24, 2.45) is 5.41 Å². The third kappa shape index (κ3) is 3.25. The van der Waals surface area contributed by atoms with Gasteiger partial charge in [-0.2, -0.15) is 0 Å². The van der Waals surface area contributed by atoms with Gasteiger partial charge in [0.25, 0.3) is 0 Å². The molecule has 0 aliphatic heterocycles. The predicted octanol–water partition coefficient (Wildman–Crippen LogP) is 3.29. The number of carboxylic acid groups (broad SMARTS) is 1. The van der Waals surface area contributed by atoms with Crippen LogP contribution in [-0.4, -0.2) is 35.1 Å². The van der Waals surface area contributed by atoms with E-state index in [1.807, 2.05) is 0 Å². The molecule has 3 heteroatoms. The number of hydrogen-bond donors (Lipinski definition) is 1. The van der Waals surface area contributed by atoms with Crippen molar-refractivity contribution in [3.63, 3.8) is 0 Å². The third-order valence-corrected chi connectivity index (χ3v) is 4.63. The molecule has 2 rings (SSSR count). The van der Waals surface area contributed by atoms with E-state index in [0.717, 1.165) is 38.8 Å². The lowest BCUT2D eigenvalue weighted by Gasteiger charge is -2.38. The molecule has 2 saturated carbocycles. The van der Waals surface area contributed by atoms with Crippen LogP contribution in [0.2, 0.25) is 0 Å². The maximum absolute atomic E-state index is 11.7. The fourth-order valence-corrected chi connectivity index (χ4v) is 3.25. The number of hydrogen-bond acceptors (Lipinski definition) is 2. The minimum atomic E-state index is -0.552. The van der Waals surface area contributed by atoms with Crippen LogP contribution in [0.4, 0.5) is 0 Å². The van der Waals surface area contributed by atoms with Crippen LogP contribution in [0.25, 0.3) is 0 Å². The van der Waals surface area contributed by atoms with Gasteiger partial charge >= 0.3 is 5.97 Å². The van der Waals surface area contributed by atoms with Crippen LogP contribution in [0.1, 0.15) is 64.7 Å². The smallest absolute Gasteiger partial charge is 0.310 e. The fourth-order valence-electron chi connectivity index (χ4n) is 3.25. The second kappa shape index (κ2) is 6.05. The minimum Gasteiger partial charge on any atom is -0.481 e. The van der Waals surface area contributed by atoms with E-state index in [1.165, 1.54) is 32.1 Å². The molecule has 0 aromatic heterocycles. The molecule has 104 valence electrons. The molecule has 1 N–H and O–H groups in total. The average molecular weight is 253 g/mol. The second-order valence-electron chi connectivity index (χ2n) is 6.20. The summed E-state index contributed by atoms with van der Waals surface area (Å²) in [5.41, 5.74) is -0.436. The average Bonchev–Trinajstić information content (AvgIpc) is 3.19. The van der Waals surface area contributed by atoms with Gasteiger partial charge < -0.3 is 5.11 Å². The van der Waals surface area contributed by atoms with Gasteiger partial charge in [0.05, 0.1) is 5.41 Å². The summed E-state index contributed by atoms with van der Waals surface area (Å²) in [6, 6.07) is 0.690. The van der Waals surface area contributed by atoms with Gasteiger partial charge in [-0.25, -0.2) is 0 Å². The maximum atomic E-state index is 11.7. The molecule has 18 heavy (non-hydrogen) atoms. The van der Waals surface area contributed by atoms with Crippen molar-refractivity contribution in [2.45, 2.75) is 70.8 Å². The summed E-state index contributed by atoms with van der Waals surface area (Å²) in [4.78, 5) is 14.2. The summed E-state index contributed by atoms with van der Waals surface area (Å²) >= 11 is 0. The van der Waals surface area contributed by atoms with Crippen molar-refractivity contribution in [3.8, 4) is 0 Å². The summed E-state index contributed by atoms with van der Waals surface area (Å²) in [5, 5.41) is 9.64. The van der Waals surface area contributed by atoms with Crippen LogP contribution < -0.4 is 0 Å². The third-order valence-electron chi connectivity index (χ3n) is 4.63. The molecule has 2 aliphatic rings. The zero-order valence-electron chi connectivity index (χ0n) is 11.7. The lowest BCUT2D eigenvalue weighted by Crippen LogP contribution is -2.45. The Morgan fingerprint density at radius 3 is 2.44 bits per heavy atom. The zero-order valence-corrected chi connectivity index (χ0v) is 11.7. The van der Waals surface area contributed by atoms with Gasteiger partial charge in [0.15, 0.2) is 0 Å². The molecule has 3 nitrogen and oxygen atoms in total. The molecule has 2 fully saturated rings. The largest absolute Gasteiger partial charge is 0.481 e. The lowest BCUT2D eigenvalue weighted by molar-refractivity contribution is -0.152. The van der Waals surface area contributed by atoms with E-state index in [9.17, 15) is 9.90 Å². The maximum Gasteiger partial charge on any atom is 0.310 e. The highest BCUT2D eigenvalue weighted by molar-refractivity contribution is 5.75. The summed E-state index contributed by atoms with van der Waals surface area (Å²) in [7, 11) is 0. The molecule has 0 saturated heterocycles. The van der Waals surface area contributed by atoms with Crippen LogP contribution in [0, 0.1) is 5.41 Å². The highest BCUT2D eigenvalue weighted by atomic mass is 16.4. The highest BCUT2D eigenvalue weighted by Crippen LogP contribution is 2.40. The topological polar surface area (TPSA) is 40.5 Å². The summed E-state index contributed by atoms with van der Waals surface area (Å²) in [6.07, 6.45) is 10.1. The first-order valence-electron chi connectivity index (χ1n) is 7.65. The Morgan fingerprint density at radius 2 is 1.94 bits per heavy atom. The Morgan fingerprint density at radius 1 is 1.28 bits per heavy atom. The van der Waals surface area contributed by atoms with E-state index in [-0.39, 0.29) is 0 Å². The fraction of sp³-hybridized carbons (Fsp3) is 0.933. The molecule has 0 bridgehead atoms. The number of carbonyl (C=O) groups is 1. The van der Waals surface area contributed by atoms with Crippen molar-refractivity contribution >= 4 is 5.97 Å². The van der Waals surface area contributed by atoms with Crippen LogP contribution in [0.15, 0.2) is 0 Å². The zero-order chi connectivity index (χ0) is 13.0. The van der Waals surface area contributed by atoms with E-state index in [1.54, 1.807) is 0 Å². The first-order chi connectivity index (χ1) is 8.68. The molecule has 0 aromatic rings. The first-order valence-corrected chi connectivity index (χ1v) is 7.65. The lowest BCUT2D eigenvalue weighted by atomic mass is 9.73. The van der Waals surface area contributed by atoms with Crippen LogP contribution in [0.5, 0.6) is 0 Å². The molecule has 0 amide bonds. The van der Waals surface area contributed by atoms with E-state index in [4.69, 9.17) is 0 Å². The molecule has 0 unspecified atom stereocenters. The number of rotatable bonds is 7. The van der Waals surface area contributed by atoms with Crippen molar-refractivity contribution in [3.05, 3.63) is 0 Å². The standard InChI is InChI=1S/C15H27NO2/c1-2-3-11-16(13-7-8-13)12-15(14(17)18)9-5-4-6-10-15/h13H,2-12H2,1H3,(H,17,18). The first kappa shape index (κ1) is 13.9. The highest BCUT2D eigenvalue weighted by Gasteiger charge is 2.43. The van der Waals surface area contributed by atoms with Gasteiger partial charge in [-0.1, -0.05) is 32.6 Å². The molecule has 2 aliphatic carbocycles. The normalized spacial score (nSPS) is 23.2. The minimum absolute atomic E-state index is 0.436. The van der Waals surface area contributed by atoms with Gasteiger partial charge in [0.1, 0.15) is 0 Å². The van der Waals surface area contributed by atoms with E-state index >= 15 is 0 Å². The van der Waals surface area contributed by atoms with E-state index in [0.29, 0.717) is 6.04 Å². The van der Waals surface area contributed by atoms with Gasteiger partial charge in [-0.3, -0.25) is 9.69 Å². The molecule has 0 radical (unpaired) electrons. The van der Waals surface area contributed by atoms with Crippen molar-refractivity contribution in [1.29, 1.82) is 0 Å². The van der Waals surface area contributed by atoms with Gasteiger partial charge in [-0.15, -0.1) is 0 Å². The number of nitrogens with zero attached hydrogens (tertiary/aromatic N) is 1. The Labute approximate surface area is 111 Å². The second-order valence-corrected chi connectivity index (χ2v) is 6.20. The van der Waals surface area contributed by atoms with Crippen molar-refractivity contribution in [1.82, 2.24) is 4.90 Å². The summed E-state index contributed by atoms with van der Waals surface area (Å²) in [5.74, 6) is -0.552. The SMILES string of the molecule is CCCCN(CC1(C(=O)O)CCCCC1)C1CC1. The monoisotopic (exact) mass is 253 g/mol. The van der Waals surface area contributed by atoms with Gasteiger partial charge in [-0.05, 0) is 38.6 Å². The Hall–Kier alpha value is -0.570. The van der Waals surface area contributed by atoms with Crippen LogP contribution >= 0.6 is 0 Å². The predicted molar refractivity (Wildman–Crippen MR) is 72.7 cm³/mol. The quantitative estimate of drug-likeness (QED) is 0.757. The molecule has 0 atom stereocenters. The molecular weight excluding hydrogens is 226 g/mol. The molecule has 0 spiro atoms. The number of unbranched alkanes of at least 4 members (excludes halogenated alkanes) is 1. The van der Waals surface area contributed by atoms with Crippen molar-refractivity contribution < 1.29 is 9.90 Å². The van der Waals surface area contributed by atoms with Crippen LogP contribution in [0.3, 0.4) is 0 Å². The Kier molecular flexibility index (Phi) is 4.66. The Bertz CT molecular complexity index is 280. The molecular formula is C15H27NO2. The number of carboxylic acids is 1. The van der Waals surface area contributed by atoms with Crippen LogP contribution in [-0.2, 0) is 4.79 Å². The van der Waals surface area contributed by atoms with Gasteiger partial charge in [0.2, 0.25) is 0 Å². The van der Waals surface area contributed by atoms with E-state index < -0.39 is 11.4 Å². The molecule has 0 aromatic carbocycles. The van der Waals surface area contributed by atoms with E-state index in [2.05, 4.69) is 11.8 Å². The summed E-state index contributed by atoms with van der Waals surface area (Å²) < 4.78 is 0. The van der Waals surface area contributed by atoms with Crippen molar-refractivity contribution in [2.75, 3.05) is 13.1 Å². The summed E-state index contributed by atoms with van der Waals surface area (Å²) in [6.45, 7) is 4.10. The molecule has 0 heterocycles. The van der Waals surface area contributed by atoms with Gasteiger partial charge in [0, 0.05) is 12.6 Å². The number of aliphatic carboxylic acids is 1.